The second kappa shape index (κ2) is 23.2. The number of Topliss-reactive ketones (excluding diaryl/α,β-unsaturated/α-hetero) is 1. The lowest BCUT2D eigenvalue weighted by molar-refractivity contribution is -0.346. The second-order valence-corrected chi connectivity index (χ2v) is 28.2. The van der Waals surface area contributed by atoms with Crippen molar-refractivity contribution in [2.75, 3.05) is 13.2 Å². The number of nitrogens with one attached hydrogen (secondary N) is 1. The average molecular weight is 1140 g/mol. The Morgan fingerprint density at radius 2 is 1.38 bits per heavy atom. The topological polar surface area (TPSA) is 226 Å². The fourth-order valence-electron chi connectivity index (χ4n) is 12.0. The number of esters is 4. The van der Waals surface area contributed by atoms with Crippen molar-refractivity contribution < 1.29 is 76.3 Å². The molecule has 1 saturated heterocycles. The smallest absolute Gasteiger partial charge is 0.456 e. The lowest BCUT2D eigenvalue weighted by Crippen LogP contribution is -2.82. The molecule has 2 bridgehead atoms. The molecule has 3 aromatic rings. The summed E-state index contributed by atoms with van der Waals surface area (Å²) in [7, 11) is -2.81. The van der Waals surface area contributed by atoms with Crippen LogP contribution in [0, 0.1) is 16.7 Å². The van der Waals surface area contributed by atoms with Gasteiger partial charge in [-0.2, -0.15) is 0 Å². The number of carbonyl (C=O) groups excluding carboxylic acids is 7. The zero-order valence-electron chi connectivity index (χ0n) is 44.4. The van der Waals surface area contributed by atoms with E-state index in [0.717, 1.165) is 13.8 Å². The zero-order chi connectivity index (χ0) is 56.5. The maximum atomic E-state index is 16.3. The third-order valence-electron chi connectivity index (χ3n) is 16.3. The first kappa shape index (κ1) is 59.3. The van der Waals surface area contributed by atoms with Crippen LogP contribution >= 0.6 is 34.8 Å². The Labute approximate surface area is 463 Å². The van der Waals surface area contributed by atoms with E-state index in [1.54, 1.807) is 99.6 Å². The van der Waals surface area contributed by atoms with Gasteiger partial charge in [-0.3, -0.25) is 19.2 Å². The second-order valence-electron chi connectivity index (χ2n) is 20.9. The molecule has 1 aliphatic heterocycles. The van der Waals surface area contributed by atoms with E-state index in [0.29, 0.717) is 29.3 Å². The van der Waals surface area contributed by atoms with Gasteiger partial charge in [-0.15, -0.1) is 0 Å². The van der Waals surface area contributed by atoms with Gasteiger partial charge in [-0.25, -0.2) is 14.4 Å². The molecule has 1 heterocycles. The Balaban J connectivity index is 1.47. The first-order valence-electron chi connectivity index (χ1n) is 25.6. The van der Waals surface area contributed by atoms with Crippen LogP contribution in [-0.4, -0.2) is 120 Å². The molecular formula is C56H66Cl3NO16Si. The van der Waals surface area contributed by atoms with Gasteiger partial charge >= 0.3 is 30.0 Å². The van der Waals surface area contributed by atoms with Crippen molar-refractivity contribution in [3.63, 3.8) is 0 Å². The normalized spacial score (nSPS) is 28.3. The van der Waals surface area contributed by atoms with E-state index >= 15 is 9.59 Å². The largest absolute Gasteiger partial charge is 0.508 e. The summed E-state index contributed by atoms with van der Waals surface area (Å²) >= 11 is 17.8. The number of halogens is 3. The van der Waals surface area contributed by atoms with Gasteiger partial charge in [-0.05, 0) is 73.0 Å². The van der Waals surface area contributed by atoms with Crippen LogP contribution in [0.4, 0.5) is 4.79 Å². The first-order chi connectivity index (χ1) is 36.2. The fourth-order valence-corrected chi connectivity index (χ4v) is 14.9. The number of hydrogen-bond donors (Lipinski definition) is 2. The molecule has 11 atom stereocenters. The quantitative estimate of drug-likeness (QED) is 0.0422. The van der Waals surface area contributed by atoms with Gasteiger partial charge in [-0.1, -0.05) is 136 Å². The number of ether oxygens (including phenoxy) is 7. The summed E-state index contributed by atoms with van der Waals surface area (Å²) in [6.07, 6.45) is -12.1. The van der Waals surface area contributed by atoms with Gasteiger partial charge in [0.2, 0.25) is 3.79 Å². The van der Waals surface area contributed by atoms with E-state index in [9.17, 15) is 29.1 Å². The Bertz CT molecular complexity index is 2730. The SMILES string of the molecule is CC[Si](CC)(CC)O[C@@H](C(=O)O[C@H]1C[C@@]2(O)[C@@H](OC(=O)c3ccccc3)[C@@H]3[C@]4(OC(C)=O)CO[C@@H]4C[C@H](OC(=O)OCC(Cl)(Cl)Cl)[C@@]3(C)C(=O)[C@H](OC(C)=O)C(=C1C)C2(C)C)[C@@H](NC(=O)c1ccccc1)c1ccccc1. The van der Waals surface area contributed by atoms with Gasteiger partial charge in [0.25, 0.3) is 5.91 Å². The number of carbonyl (C=O) groups is 7. The number of benzene rings is 3. The highest BCUT2D eigenvalue weighted by Gasteiger charge is 2.79. The van der Waals surface area contributed by atoms with Crippen LogP contribution in [0.25, 0.3) is 0 Å². The molecule has 3 fully saturated rings. The third kappa shape index (κ3) is 11.6. The highest BCUT2D eigenvalue weighted by molar-refractivity contribution is 6.73. The van der Waals surface area contributed by atoms with Crippen LogP contribution in [0.1, 0.15) is 107 Å². The number of hydrogen-bond acceptors (Lipinski definition) is 16. The van der Waals surface area contributed by atoms with Crippen LogP contribution in [-0.2, 0) is 56.8 Å². The molecule has 0 radical (unpaired) electrons. The summed E-state index contributed by atoms with van der Waals surface area (Å²) in [6.45, 7) is 13.0. The lowest BCUT2D eigenvalue weighted by atomic mass is 9.44. The molecule has 77 heavy (non-hydrogen) atoms. The number of alkyl halides is 3. The highest BCUT2D eigenvalue weighted by Crippen LogP contribution is 2.65. The van der Waals surface area contributed by atoms with E-state index < -0.39 is 144 Å². The molecule has 0 unspecified atom stereocenters. The number of amides is 1. The Morgan fingerprint density at radius 3 is 1.90 bits per heavy atom. The average Bonchev–Trinajstić information content (AvgIpc) is 3.59. The number of fused-ring (bicyclic) bond motifs is 5. The monoisotopic (exact) mass is 1140 g/mol. The molecular weight excluding hydrogens is 1080 g/mol. The molecule has 3 aliphatic carbocycles. The number of ketones is 1. The summed E-state index contributed by atoms with van der Waals surface area (Å²) in [6, 6.07) is 25.7. The Hall–Kier alpha value is -5.34. The molecule has 3 aromatic carbocycles. The molecule has 416 valence electrons. The van der Waals surface area contributed by atoms with Gasteiger partial charge in [0.05, 0.1) is 29.5 Å². The Kier molecular flexibility index (Phi) is 17.8. The molecule has 1 amide bonds. The van der Waals surface area contributed by atoms with Crippen molar-refractivity contribution >= 4 is 84.8 Å². The van der Waals surface area contributed by atoms with Crippen LogP contribution in [0.15, 0.2) is 102 Å². The van der Waals surface area contributed by atoms with Crippen molar-refractivity contribution in [2.24, 2.45) is 16.7 Å². The third-order valence-corrected chi connectivity index (χ3v) is 21.3. The van der Waals surface area contributed by atoms with Crippen LogP contribution in [0.5, 0.6) is 0 Å². The minimum absolute atomic E-state index is 0.0225. The highest BCUT2D eigenvalue weighted by atomic mass is 35.6. The minimum atomic E-state index is -2.81. The van der Waals surface area contributed by atoms with E-state index in [2.05, 4.69) is 5.32 Å². The van der Waals surface area contributed by atoms with Crippen molar-refractivity contribution in [2.45, 2.75) is 151 Å². The molecule has 0 spiro atoms. The first-order valence-corrected chi connectivity index (χ1v) is 29.3. The molecule has 2 N–H and O–H groups in total. The van der Waals surface area contributed by atoms with Crippen molar-refractivity contribution in [3.05, 3.63) is 119 Å². The molecule has 17 nitrogen and oxygen atoms in total. The van der Waals surface area contributed by atoms with Crippen LogP contribution < -0.4 is 5.32 Å². The van der Waals surface area contributed by atoms with Crippen LogP contribution in [0.3, 0.4) is 0 Å². The molecule has 7 rings (SSSR count). The maximum absolute atomic E-state index is 16.3. The fraction of sp³-hybridized carbons (Fsp3) is 0.518. The number of aliphatic hydroxyl groups is 1. The Morgan fingerprint density at radius 1 is 0.805 bits per heavy atom. The lowest BCUT2D eigenvalue weighted by Gasteiger charge is -2.67. The summed E-state index contributed by atoms with van der Waals surface area (Å²) < 4.78 is 47.8. The summed E-state index contributed by atoms with van der Waals surface area (Å²) in [5.41, 5.74) is -7.45. The maximum Gasteiger partial charge on any atom is 0.508 e. The summed E-state index contributed by atoms with van der Waals surface area (Å²) in [5, 5.41) is 17.3. The molecule has 0 aromatic heterocycles. The van der Waals surface area contributed by atoms with Gasteiger partial charge in [0.1, 0.15) is 36.6 Å². The van der Waals surface area contributed by atoms with E-state index in [1.807, 2.05) is 20.8 Å². The minimum Gasteiger partial charge on any atom is -0.456 e. The van der Waals surface area contributed by atoms with E-state index in [1.165, 1.54) is 19.1 Å². The molecule has 2 saturated carbocycles. The van der Waals surface area contributed by atoms with Crippen LogP contribution in [0.2, 0.25) is 18.1 Å². The van der Waals surface area contributed by atoms with Gasteiger partial charge in [0.15, 0.2) is 31.9 Å². The van der Waals surface area contributed by atoms with Crippen molar-refractivity contribution in [3.8, 4) is 0 Å². The van der Waals surface area contributed by atoms with Crippen molar-refractivity contribution in [1.29, 1.82) is 0 Å². The predicted octanol–water partition coefficient (Wildman–Crippen LogP) is 9.30. The zero-order valence-corrected chi connectivity index (χ0v) is 47.7. The summed E-state index contributed by atoms with van der Waals surface area (Å²) in [5.74, 6) is -6.89. The summed E-state index contributed by atoms with van der Waals surface area (Å²) in [4.78, 5) is 102. The van der Waals surface area contributed by atoms with Crippen molar-refractivity contribution in [1.82, 2.24) is 5.32 Å². The van der Waals surface area contributed by atoms with E-state index in [-0.39, 0.29) is 23.1 Å². The predicted molar refractivity (Wildman–Crippen MR) is 284 cm³/mol. The molecule has 4 aliphatic rings. The standard InChI is InChI=1S/C56H66Cl3NO16Si/c1-10-77(11-2,12-3)76-44(42(35-22-16-13-17-23-35)60-48(64)36-24-18-14-19-25-36)50(66)72-38-29-55(68)47(74-49(65)37-26-20-15-21-27-37)45-53(9,46(63)43(71-33(5)61)41(32(38)4)52(55,7)8)39(73-51(67)70-31-56(57,58)59)28-40-54(45,30-69-40)75-34(6)62/h13-27,38-40,42-45,47,68H,10-12,28-31H2,1-9H3,(H,60,64)/t38-,39-,40+,42-,43+,44+,45-,47-,53+,54-,55+/m0/s1. The van der Waals surface area contributed by atoms with Gasteiger partial charge in [0, 0.05) is 37.7 Å². The molecule has 21 heteroatoms. The number of rotatable bonds is 17. The van der Waals surface area contributed by atoms with E-state index in [4.69, 9.17) is 72.4 Å². The van der Waals surface area contributed by atoms with Gasteiger partial charge < -0.3 is 48.0 Å².